The number of carbonyl (C=O) groups is 2. The Morgan fingerprint density at radius 1 is 0.320 bits per heavy atom. The molecule has 2 unspecified atom stereocenters. The van der Waals surface area contributed by atoms with Gasteiger partial charge in [-0.3, -0.25) is 18.6 Å². The van der Waals surface area contributed by atoms with Gasteiger partial charge in [-0.05, 0) is 128 Å². The Balaban J connectivity index is 4.04. The first-order valence-corrected chi connectivity index (χ1v) is 42.7. The highest BCUT2D eigenvalue weighted by Gasteiger charge is 2.27. The molecular weight excluding hydrogens is 1250 g/mol. The van der Waals surface area contributed by atoms with Gasteiger partial charge in [0.1, 0.15) is 19.8 Å². The third-order valence-electron chi connectivity index (χ3n) is 17.5. The molecule has 0 bridgehead atoms. The minimum absolute atomic E-state index is 0.0185. The number of ether oxygens (including phenoxy) is 2. The number of hydrogen-bond acceptors (Lipinski definition) is 7. The second kappa shape index (κ2) is 78.8. The number of phosphoric acid groups is 1. The summed E-state index contributed by atoms with van der Waals surface area (Å²) in [6.07, 6.45) is 118. The van der Waals surface area contributed by atoms with Gasteiger partial charge in [0, 0.05) is 12.8 Å². The van der Waals surface area contributed by atoms with E-state index in [0.29, 0.717) is 17.4 Å². The predicted molar refractivity (Wildman–Crippen MR) is 436 cm³/mol. The van der Waals surface area contributed by atoms with Crippen molar-refractivity contribution in [3.8, 4) is 0 Å². The van der Waals surface area contributed by atoms with E-state index in [2.05, 4.69) is 172 Å². The van der Waals surface area contributed by atoms with Gasteiger partial charge < -0.3 is 18.9 Å². The number of rotatable bonds is 75. The van der Waals surface area contributed by atoms with Gasteiger partial charge in [-0.2, -0.15) is 0 Å². The van der Waals surface area contributed by atoms with Crippen LogP contribution in [-0.2, 0) is 32.7 Å². The lowest BCUT2D eigenvalue weighted by Crippen LogP contribution is -2.37. The van der Waals surface area contributed by atoms with E-state index in [9.17, 15) is 19.0 Å². The van der Waals surface area contributed by atoms with Crippen molar-refractivity contribution in [2.24, 2.45) is 0 Å². The Labute approximate surface area is 617 Å². The van der Waals surface area contributed by atoms with E-state index in [1.54, 1.807) is 0 Å². The van der Waals surface area contributed by atoms with Crippen molar-refractivity contribution in [1.82, 2.24) is 0 Å². The van der Waals surface area contributed by atoms with Crippen LogP contribution in [0.4, 0.5) is 0 Å². The summed E-state index contributed by atoms with van der Waals surface area (Å²) in [7, 11) is 1.45. The largest absolute Gasteiger partial charge is 0.472 e. The molecule has 2 atom stereocenters. The molecule has 100 heavy (non-hydrogen) atoms. The fraction of sp³-hybridized carbons (Fsp3) is 0.689. The summed E-state index contributed by atoms with van der Waals surface area (Å²) in [4.78, 5) is 36.0. The van der Waals surface area contributed by atoms with E-state index in [1.165, 1.54) is 199 Å². The van der Waals surface area contributed by atoms with Crippen LogP contribution in [0.25, 0.3) is 0 Å². The minimum atomic E-state index is -4.42. The van der Waals surface area contributed by atoms with Crippen LogP contribution in [0.3, 0.4) is 0 Å². The van der Waals surface area contributed by atoms with Crippen LogP contribution in [0.15, 0.2) is 158 Å². The lowest BCUT2D eigenvalue weighted by Gasteiger charge is -2.24. The molecule has 10 heteroatoms. The summed E-state index contributed by atoms with van der Waals surface area (Å²) >= 11 is 0. The van der Waals surface area contributed by atoms with E-state index in [-0.39, 0.29) is 32.0 Å². The molecule has 0 aliphatic heterocycles. The van der Waals surface area contributed by atoms with Crippen LogP contribution >= 0.6 is 7.82 Å². The third-order valence-corrected chi connectivity index (χ3v) is 18.5. The molecule has 0 aromatic rings. The molecule has 572 valence electrons. The number of phosphoric ester groups is 1. The smallest absolute Gasteiger partial charge is 0.462 e. The van der Waals surface area contributed by atoms with Crippen LogP contribution in [-0.4, -0.2) is 74.9 Å². The van der Waals surface area contributed by atoms with E-state index in [0.717, 1.165) is 116 Å². The second-order valence-corrected chi connectivity index (χ2v) is 29.9. The number of hydrogen-bond donors (Lipinski definition) is 1. The zero-order chi connectivity index (χ0) is 72.5. The Morgan fingerprint density at radius 2 is 0.570 bits per heavy atom. The van der Waals surface area contributed by atoms with Crippen molar-refractivity contribution in [1.29, 1.82) is 0 Å². The van der Waals surface area contributed by atoms with Gasteiger partial charge >= 0.3 is 19.8 Å². The lowest BCUT2D eigenvalue weighted by molar-refractivity contribution is -0.870. The van der Waals surface area contributed by atoms with Crippen molar-refractivity contribution in [3.05, 3.63) is 158 Å². The maximum atomic E-state index is 12.9. The molecule has 0 rings (SSSR count). The molecule has 0 aliphatic rings. The van der Waals surface area contributed by atoms with Crippen LogP contribution in [0.2, 0.25) is 0 Å². The van der Waals surface area contributed by atoms with Crippen LogP contribution in [0.1, 0.15) is 348 Å². The highest BCUT2D eigenvalue weighted by Crippen LogP contribution is 2.43. The molecule has 0 fully saturated rings. The monoisotopic (exact) mass is 1410 g/mol. The van der Waals surface area contributed by atoms with Crippen molar-refractivity contribution in [2.75, 3.05) is 47.5 Å². The number of allylic oxidation sites excluding steroid dienone is 26. The molecular formula is C90H155NO8P+. The second-order valence-electron chi connectivity index (χ2n) is 28.4. The highest BCUT2D eigenvalue weighted by molar-refractivity contribution is 7.47. The summed E-state index contributed by atoms with van der Waals surface area (Å²) in [6, 6.07) is 0. The van der Waals surface area contributed by atoms with Gasteiger partial charge in [0.05, 0.1) is 27.7 Å². The van der Waals surface area contributed by atoms with Gasteiger partial charge in [0.15, 0.2) is 6.10 Å². The summed E-state index contributed by atoms with van der Waals surface area (Å²) in [6.45, 7) is 4.29. The maximum Gasteiger partial charge on any atom is 0.472 e. The normalized spacial score (nSPS) is 13.9. The van der Waals surface area contributed by atoms with Crippen molar-refractivity contribution in [3.63, 3.8) is 0 Å². The number of unbranched alkanes of at least 4 members (excludes halogenated alkanes) is 35. The first-order valence-electron chi connectivity index (χ1n) is 41.2. The molecule has 0 aromatic heterocycles. The van der Waals surface area contributed by atoms with Gasteiger partial charge in [-0.1, -0.05) is 364 Å². The summed E-state index contributed by atoms with van der Waals surface area (Å²) in [5.74, 6) is -0.834. The Hall–Kier alpha value is -4.37. The average molecular weight is 1410 g/mol. The molecule has 0 heterocycles. The zero-order valence-corrected chi connectivity index (χ0v) is 66.3. The van der Waals surface area contributed by atoms with Crippen molar-refractivity contribution in [2.45, 2.75) is 354 Å². The lowest BCUT2D eigenvalue weighted by atomic mass is 10.0. The van der Waals surface area contributed by atoms with Gasteiger partial charge in [-0.25, -0.2) is 4.57 Å². The Kier molecular flexibility index (Phi) is 75.3. The number of carbonyl (C=O) groups excluding carboxylic acids is 2. The molecule has 0 aromatic carbocycles. The van der Waals surface area contributed by atoms with Gasteiger partial charge in [-0.15, -0.1) is 0 Å². The zero-order valence-electron chi connectivity index (χ0n) is 65.4. The minimum Gasteiger partial charge on any atom is -0.462 e. The van der Waals surface area contributed by atoms with E-state index in [1.807, 2.05) is 21.1 Å². The van der Waals surface area contributed by atoms with Crippen molar-refractivity contribution >= 4 is 19.8 Å². The number of esters is 2. The Morgan fingerprint density at radius 3 is 0.860 bits per heavy atom. The first kappa shape index (κ1) is 95.6. The molecule has 0 aliphatic carbocycles. The van der Waals surface area contributed by atoms with Crippen LogP contribution in [0, 0.1) is 0 Å². The Bertz CT molecular complexity index is 2250. The van der Waals surface area contributed by atoms with E-state index < -0.39 is 26.5 Å². The fourth-order valence-electron chi connectivity index (χ4n) is 11.3. The highest BCUT2D eigenvalue weighted by atomic mass is 31.2. The van der Waals surface area contributed by atoms with E-state index >= 15 is 0 Å². The molecule has 0 saturated carbocycles. The molecule has 0 spiro atoms. The van der Waals surface area contributed by atoms with Crippen LogP contribution in [0.5, 0.6) is 0 Å². The number of likely N-dealkylation sites (N-methyl/N-ethyl adjacent to an activating group) is 1. The summed E-state index contributed by atoms with van der Waals surface area (Å²) in [5, 5.41) is 0. The molecule has 0 amide bonds. The van der Waals surface area contributed by atoms with Crippen LogP contribution < -0.4 is 0 Å². The number of nitrogens with zero attached hydrogens (tertiary/aromatic N) is 1. The molecule has 0 saturated heterocycles. The standard InChI is InChI=1S/C90H154NO8P/c1-6-8-10-12-14-16-18-20-22-24-26-28-30-32-34-36-38-40-42-44-45-47-48-50-52-54-56-58-60-62-64-66-68-70-72-74-76-78-80-82-89(92)96-86-88(87-98-100(94,95)97-85-84-91(3,4)5)99-90(93)83-81-79-77-75-73-71-69-67-65-63-61-59-57-55-53-51-49-46-43-41-39-37-35-33-31-29-27-25-23-21-19-17-15-13-11-9-7-2/h9,11,15,17-18,20-21,23-24,26-27,29,33,35,39,41,46,49,53,55,59,61,65,67,71,73,88H,6-8,10,12-14,16,19,22,25,28,30-32,34,36-38,40,42-45,47-48,50-52,54,56-58,60,62-64,66,68-70,72,74-87H2,1-5H3/p+1/b11-9-,17-15-,20-18-,23-21-,26-24-,29-27-,35-33-,41-39-,49-46-,55-53-,61-59-,67-65-,73-71-. The van der Waals surface area contributed by atoms with Gasteiger partial charge in [0.2, 0.25) is 0 Å². The summed E-state index contributed by atoms with van der Waals surface area (Å²) < 4.78 is 34.8. The molecule has 0 radical (unpaired) electrons. The topological polar surface area (TPSA) is 108 Å². The first-order chi connectivity index (χ1) is 49.0. The predicted octanol–water partition coefficient (Wildman–Crippen LogP) is 27.8. The average Bonchev–Trinajstić information content (AvgIpc) is 1.02. The number of quaternary nitrogens is 1. The van der Waals surface area contributed by atoms with Gasteiger partial charge in [0.25, 0.3) is 0 Å². The SMILES string of the molecule is CC/C=C\C/C=C\C/C=C\C/C=C\C/C=C\C/C=C\C/C=C\C/C=C\C/C=C\C/C=C\C/C=C\CCCCCC(=O)OC(COC(=O)CCCCCCCCCCCCCCCCCCCCCCCCCCCCC/C=C\C/C=C\CCCCCCC)COP(=O)(O)OCC[N+](C)(C)C. The fourth-order valence-corrected chi connectivity index (χ4v) is 12.0. The van der Waals surface area contributed by atoms with Crippen molar-refractivity contribution < 1.29 is 42.1 Å². The summed E-state index contributed by atoms with van der Waals surface area (Å²) in [5.41, 5.74) is 0. The molecule has 9 nitrogen and oxygen atoms in total. The third kappa shape index (κ3) is 82.6. The van der Waals surface area contributed by atoms with E-state index in [4.69, 9.17) is 18.5 Å². The maximum absolute atomic E-state index is 12.9. The quantitative estimate of drug-likeness (QED) is 0.0211. The molecule has 1 N–H and O–H groups in total.